The predicted octanol–water partition coefficient (Wildman–Crippen LogP) is 15.0. The number of carboxylic acids is 8. The number of aliphatic carboxylic acids is 8. The van der Waals surface area contributed by atoms with Crippen LogP contribution in [0.5, 0.6) is 0 Å². The predicted molar refractivity (Wildman–Crippen MR) is 305 cm³/mol. The summed E-state index contributed by atoms with van der Waals surface area (Å²) in [5, 5.41) is 70.7. The van der Waals surface area contributed by atoms with Crippen molar-refractivity contribution in [2.24, 2.45) is 16.2 Å². The van der Waals surface area contributed by atoms with Crippen LogP contribution in [-0.2, 0) is 38.4 Å². The summed E-state index contributed by atoms with van der Waals surface area (Å²) in [6, 6.07) is 0. The van der Waals surface area contributed by atoms with E-state index in [-0.39, 0.29) is 60.8 Å². The maximum absolute atomic E-state index is 11.2. The van der Waals surface area contributed by atoms with Crippen LogP contribution in [0.3, 0.4) is 0 Å². The summed E-state index contributed by atoms with van der Waals surface area (Å²) in [6.07, 6.45) is 31.1. The standard InChI is InChI=1S/3C18H28O4.2C4H6O2/c3*1-14(16(19)20)12-18(13-15(2)17(21)22)10-8-6-4-3-5-7-9-11-18;2*1-3(2)4(5)6/h3*1-13H2,(H,19,20)(H,21,22);2*1H2,2H3,(H,5,6). The molecule has 78 heavy (non-hydrogen) atoms. The number of rotatable bonds is 20. The molecular formula is C62H96O16. The van der Waals surface area contributed by atoms with Gasteiger partial charge in [0.2, 0.25) is 0 Å². The average molecular weight is 1100 g/mol. The van der Waals surface area contributed by atoms with E-state index < -0.39 is 47.8 Å². The van der Waals surface area contributed by atoms with Crippen molar-refractivity contribution in [2.75, 3.05) is 0 Å². The van der Waals surface area contributed by atoms with Gasteiger partial charge in [-0.15, -0.1) is 0 Å². The Labute approximate surface area is 464 Å². The van der Waals surface area contributed by atoms with Crippen LogP contribution in [0.2, 0.25) is 0 Å². The maximum atomic E-state index is 11.2. The molecule has 0 amide bonds. The molecule has 3 rings (SSSR count). The summed E-state index contributed by atoms with van der Waals surface area (Å²) < 4.78 is 0. The van der Waals surface area contributed by atoms with E-state index in [1.807, 2.05) is 0 Å². The molecule has 0 atom stereocenters. The zero-order chi connectivity index (χ0) is 60.1. The second kappa shape index (κ2) is 40.0. The van der Waals surface area contributed by atoms with Crippen molar-refractivity contribution < 1.29 is 79.2 Å². The Morgan fingerprint density at radius 1 is 0.244 bits per heavy atom. The van der Waals surface area contributed by atoms with Crippen LogP contribution in [0, 0.1) is 16.2 Å². The molecule has 0 bridgehead atoms. The molecule has 0 saturated heterocycles. The minimum Gasteiger partial charge on any atom is -0.478 e. The molecule has 0 radical (unpaired) electrons. The van der Waals surface area contributed by atoms with Gasteiger partial charge < -0.3 is 40.9 Å². The van der Waals surface area contributed by atoms with Crippen molar-refractivity contribution in [1.82, 2.24) is 0 Å². The molecule has 8 N–H and O–H groups in total. The van der Waals surface area contributed by atoms with Crippen LogP contribution in [-0.4, -0.2) is 88.6 Å². The molecule has 0 unspecified atom stereocenters. The fourth-order valence-electron chi connectivity index (χ4n) is 10.4. The van der Waals surface area contributed by atoms with E-state index in [0.29, 0.717) is 38.5 Å². The van der Waals surface area contributed by atoms with Gasteiger partial charge >= 0.3 is 47.8 Å². The van der Waals surface area contributed by atoms with E-state index in [2.05, 4.69) is 52.6 Å². The van der Waals surface area contributed by atoms with E-state index in [9.17, 15) is 38.4 Å². The molecule has 16 heteroatoms. The second-order valence-electron chi connectivity index (χ2n) is 22.1. The van der Waals surface area contributed by atoms with Crippen LogP contribution < -0.4 is 0 Å². The van der Waals surface area contributed by atoms with Crippen LogP contribution in [0.1, 0.15) is 226 Å². The van der Waals surface area contributed by atoms with Crippen molar-refractivity contribution in [3.63, 3.8) is 0 Å². The number of hydrogen-bond acceptors (Lipinski definition) is 8. The Morgan fingerprint density at radius 3 is 0.436 bits per heavy atom. The Balaban J connectivity index is 0. The summed E-state index contributed by atoms with van der Waals surface area (Å²) in [5.41, 5.74) is 0.457. The van der Waals surface area contributed by atoms with E-state index in [1.165, 1.54) is 71.6 Å². The average Bonchev–Trinajstić information content (AvgIpc) is 3.35. The van der Waals surface area contributed by atoms with Gasteiger partial charge in [-0.1, -0.05) is 187 Å². The molecule has 3 saturated carbocycles. The molecule has 3 aliphatic carbocycles. The van der Waals surface area contributed by atoms with Crippen LogP contribution in [0.15, 0.2) is 97.2 Å². The summed E-state index contributed by atoms with van der Waals surface area (Å²) in [7, 11) is 0. The Bertz CT molecular complexity index is 1740. The number of hydrogen-bond donors (Lipinski definition) is 8. The molecule has 0 aromatic heterocycles. The highest BCUT2D eigenvalue weighted by molar-refractivity contribution is 5.89. The van der Waals surface area contributed by atoms with Crippen molar-refractivity contribution >= 4 is 47.8 Å². The van der Waals surface area contributed by atoms with Gasteiger partial charge in [0.1, 0.15) is 0 Å². The lowest BCUT2D eigenvalue weighted by molar-refractivity contribution is -0.134. The largest absolute Gasteiger partial charge is 0.478 e. The fourth-order valence-corrected chi connectivity index (χ4v) is 10.4. The second-order valence-corrected chi connectivity index (χ2v) is 22.1. The van der Waals surface area contributed by atoms with Gasteiger partial charge in [-0.25, -0.2) is 38.4 Å². The molecule has 16 nitrogen and oxygen atoms in total. The van der Waals surface area contributed by atoms with Gasteiger partial charge in [-0.3, -0.25) is 0 Å². The van der Waals surface area contributed by atoms with Gasteiger partial charge in [0, 0.05) is 44.6 Å². The molecule has 0 aromatic rings. The van der Waals surface area contributed by atoms with Crippen molar-refractivity contribution in [1.29, 1.82) is 0 Å². The Hall–Kier alpha value is -6.32. The first-order valence-corrected chi connectivity index (χ1v) is 27.6. The van der Waals surface area contributed by atoms with Gasteiger partial charge in [0.05, 0.1) is 0 Å². The van der Waals surface area contributed by atoms with E-state index in [4.69, 9.17) is 40.9 Å². The minimum absolute atomic E-state index is 0.176. The van der Waals surface area contributed by atoms with Crippen LogP contribution in [0.4, 0.5) is 0 Å². The molecule has 0 heterocycles. The van der Waals surface area contributed by atoms with E-state index in [0.717, 1.165) is 116 Å². The lowest BCUT2D eigenvalue weighted by Gasteiger charge is -2.35. The highest BCUT2D eigenvalue weighted by Gasteiger charge is 2.36. The highest BCUT2D eigenvalue weighted by atomic mass is 16.4. The first-order valence-electron chi connectivity index (χ1n) is 27.6. The summed E-state index contributed by atoms with van der Waals surface area (Å²) in [6.45, 7) is 31.2. The summed E-state index contributed by atoms with van der Waals surface area (Å²) >= 11 is 0. The number of carbonyl (C=O) groups is 8. The molecule has 0 spiro atoms. The van der Waals surface area contributed by atoms with Crippen LogP contribution in [0.25, 0.3) is 0 Å². The molecule has 3 aliphatic rings. The van der Waals surface area contributed by atoms with Crippen molar-refractivity contribution in [3.05, 3.63) is 97.2 Å². The zero-order valence-electron chi connectivity index (χ0n) is 47.3. The topological polar surface area (TPSA) is 298 Å². The van der Waals surface area contributed by atoms with Gasteiger partial charge in [-0.05, 0) is 107 Å². The van der Waals surface area contributed by atoms with E-state index in [1.54, 1.807) is 0 Å². The third-order valence-electron chi connectivity index (χ3n) is 14.8. The smallest absolute Gasteiger partial charge is 0.330 e. The first kappa shape index (κ1) is 73.8. The van der Waals surface area contributed by atoms with Crippen LogP contribution >= 0.6 is 0 Å². The number of carboxylic acid groups (broad SMARTS) is 8. The lowest BCUT2D eigenvalue weighted by atomic mass is 9.69. The van der Waals surface area contributed by atoms with Gasteiger partial charge in [-0.2, -0.15) is 0 Å². The first-order chi connectivity index (χ1) is 36.4. The SMILES string of the molecule is C=C(C)C(=O)O.C=C(C)C(=O)O.C=C(CC1(CC(=C)C(=O)O)CCCCCCCCC1)C(=O)O.C=C(CC1(CC(=C)C(=O)O)CCCCCCCCC1)C(=O)O.C=C(CC1(CC(=C)C(=O)O)CCCCCCCCC1)C(=O)O. The lowest BCUT2D eigenvalue weighted by Crippen LogP contribution is -2.26. The third-order valence-corrected chi connectivity index (χ3v) is 14.8. The monoisotopic (exact) mass is 1100 g/mol. The van der Waals surface area contributed by atoms with E-state index >= 15 is 0 Å². The molecule has 440 valence electrons. The summed E-state index contributed by atoms with van der Waals surface area (Å²) in [5.74, 6) is -7.80. The highest BCUT2D eigenvalue weighted by Crippen LogP contribution is 2.46. The van der Waals surface area contributed by atoms with Crippen molar-refractivity contribution in [2.45, 2.75) is 226 Å². The maximum Gasteiger partial charge on any atom is 0.330 e. The summed E-state index contributed by atoms with van der Waals surface area (Å²) in [4.78, 5) is 86.2. The molecule has 0 aliphatic heterocycles. The quantitative estimate of drug-likeness (QED) is 0.0526. The zero-order valence-corrected chi connectivity index (χ0v) is 47.3. The Morgan fingerprint density at radius 2 is 0.346 bits per heavy atom. The normalized spacial score (nSPS) is 17.3. The van der Waals surface area contributed by atoms with Gasteiger partial charge in [0.25, 0.3) is 0 Å². The molecule has 0 aromatic carbocycles. The third kappa shape index (κ3) is 34.4. The van der Waals surface area contributed by atoms with Gasteiger partial charge in [0.15, 0.2) is 0 Å². The molecular weight excluding hydrogens is 1000 g/mol. The minimum atomic E-state index is -0.989. The fraction of sp³-hybridized carbons (Fsp3) is 0.613. The Kier molecular flexibility index (Phi) is 37.8. The van der Waals surface area contributed by atoms with Crippen molar-refractivity contribution in [3.8, 4) is 0 Å². The molecule has 3 fully saturated rings.